The second-order valence-electron chi connectivity index (χ2n) is 6.05. The van der Waals surface area contributed by atoms with Crippen LogP contribution >= 0.6 is 27.7 Å². The van der Waals surface area contributed by atoms with Crippen LogP contribution in [0.3, 0.4) is 0 Å². The summed E-state index contributed by atoms with van der Waals surface area (Å²) in [7, 11) is 2.17. The Morgan fingerprint density at radius 3 is 2.74 bits per heavy atom. The van der Waals surface area contributed by atoms with Crippen molar-refractivity contribution in [3.63, 3.8) is 0 Å². The number of hydrogen-bond donors (Lipinski definition) is 1. The van der Waals surface area contributed by atoms with Crippen LogP contribution in [0.4, 0.5) is 0 Å². The number of nitrogens with zero attached hydrogens (tertiary/aromatic N) is 2. The molecule has 128 valence electrons. The van der Waals surface area contributed by atoms with E-state index in [2.05, 4.69) is 57.2 Å². The van der Waals surface area contributed by atoms with E-state index in [-0.39, 0.29) is 5.91 Å². The van der Waals surface area contributed by atoms with Crippen molar-refractivity contribution in [2.45, 2.75) is 18.2 Å². The van der Waals surface area contributed by atoms with E-state index in [1.165, 1.54) is 10.5 Å². The number of nitrogens with one attached hydrogen (secondary N) is 1. The second-order valence-corrected chi connectivity index (χ2v) is 7.98. The van der Waals surface area contributed by atoms with E-state index in [1.54, 1.807) is 11.8 Å². The molecule has 1 aliphatic heterocycles. The minimum atomic E-state index is 0.121. The number of likely N-dealkylation sites (N-methyl/N-ethyl adjacent to an activating group) is 1. The molecule has 1 saturated heterocycles. The van der Waals surface area contributed by atoms with E-state index in [9.17, 15) is 4.79 Å². The number of piperazine rings is 1. The predicted molar refractivity (Wildman–Crippen MR) is 101 cm³/mol. The Hall–Kier alpha value is -0.560. The number of amides is 1. The first-order valence-corrected chi connectivity index (χ1v) is 9.89. The monoisotopic (exact) mass is 399 g/mol. The first kappa shape index (κ1) is 18.8. The van der Waals surface area contributed by atoms with Crippen LogP contribution in [0.2, 0.25) is 0 Å². The van der Waals surface area contributed by atoms with Crippen LogP contribution in [0.25, 0.3) is 0 Å². The maximum absolute atomic E-state index is 11.9. The number of thioether (sulfide) groups is 1. The number of carbonyl (C=O) groups excluding carboxylic acids is 1. The maximum atomic E-state index is 11.9. The van der Waals surface area contributed by atoms with Gasteiger partial charge in [0.25, 0.3) is 0 Å². The van der Waals surface area contributed by atoms with Gasteiger partial charge in [0.15, 0.2) is 0 Å². The Kier molecular flexibility index (Phi) is 7.89. The molecule has 0 saturated carbocycles. The fraction of sp³-hybridized carbons (Fsp3) is 0.588. The van der Waals surface area contributed by atoms with Crippen LogP contribution in [-0.2, 0) is 4.79 Å². The Morgan fingerprint density at radius 2 is 2.04 bits per heavy atom. The SMILES string of the molecule is Cc1cc(Br)ccc1SCC(=O)NCCCN1CCN(C)CC1. The van der Waals surface area contributed by atoms with Crippen molar-refractivity contribution in [1.29, 1.82) is 0 Å². The zero-order chi connectivity index (χ0) is 16.7. The Balaban J connectivity index is 1.58. The molecule has 0 spiro atoms. The molecule has 23 heavy (non-hydrogen) atoms. The molecule has 1 fully saturated rings. The lowest BCUT2D eigenvalue weighted by atomic mass is 10.2. The van der Waals surface area contributed by atoms with Gasteiger partial charge in [-0.3, -0.25) is 4.79 Å². The molecule has 6 heteroatoms. The highest BCUT2D eigenvalue weighted by atomic mass is 79.9. The number of hydrogen-bond acceptors (Lipinski definition) is 4. The summed E-state index contributed by atoms with van der Waals surface area (Å²) in [5, 5.41) is 3.03. The summed E-state index contributed by atoms with van der Waals surface area (Å²) in [6.45, 7) is 8.50. The van der Waals surface area contributed by atoms with Gasteiger partial charge in [-0.15, -0.1) is 11.8 Å². The van der Waals surface area contributed by atoms with Crippen LogP contribution in [0.15, 0.2) is 27.6 Å². The third-order valence-electron chi connectivity index (χ3n) is 4.06. The summed E-state index contributed by atoms with van der Waals surface area (Å²) < 4.78 is 1.08. The van der Waals surface area contributed by atoms with E-state index >= 15 is 0 Å². The van der Waals surface area contributed by atoms with Crippen molar-refractivity contribution in [1.82, 2.24) is 15.1 Å². The molecular weight excluding hydrogens is 374 g/mol. The highest BCUT2D eigenvalue weighted by molar-refractivity contribution is 9.10. The molecule has 0 aliphatic carbocycles. The van der Waals surface area contributed by atoms with Crippen molar-refractivity contribution in [3.8, 4) is 0 Å². The van der Waals surface area contributed by atoms with E-state index < -0.39 is 0 Å². The van der Waals surface area contributed by atoms with E-state index in [0.717, 1.165) is 50.2 Å². The van der Waals surface area contributed by atoms with Gasteiger partial charge in [-0.2, -0.15) is 0 Å². The fourth-order valence-corrected chi connectivity index (χ4v) is 3.89. The van der Waals surface area contributed by atoms with Gasteiger partial charge < -0.3 is 15.1 Å². The summed E-state index contributed by atoms with van der Waals surface area (Å²) in [5.74, 6) is 0.604. The van der Waals surface area contributed by atoms with E-state index in [1.807, 2.05) is 6.07 Å². The van der Waals surface area contributed by atoms with Crippen LogP contribution in [0.1, 0.15) is 12.0 Å². The second kappa shape index (κ2) is 9.67. The average Bonchev–Trinajstić information content (AvgIpc) is 2.52. The molecule has 0 unspecified atom stereocenters. The highest BCUT2D eigenvalue weighted by Crippen LogP contribution is 2.24. The third kappa shape index (κ3) is 6.83. The highest BCUT2D eigenvalue weighted by Gasteiger charge is 2.13. The minimum absolute atomic E-state index is 0.121. The number of benzene rings is 1. The molecule has 0 radical (unpaired) electrons. The summed E-state index contributed by atoms with van der Waals surface area (Å²) >= 11 is 5.06. The maximum Gasteiger partial charge on any atom is 0.230 e. The summed E-state index contributed by atoms with van der Waals surface area (Å²) in [6.07, 6.45) is 1.03. The van der Waals surface area contributed by atoms with Crippen molar-refractivity contribution in [2.24, 2.45) is 0 Å². The van der Waals surface area contributed by atoms with E-state index in [0.29, 0.717) is 5.75 Å². The van der Waals surface area contributed by atoms with Gasteiger partial charge in [0.05, 0.1) is 5.75 Å². The van der Waals surface area contributed by atoms with E-state index in [4.69, 9.17) is 0 Å². The predicted octanol–water partition coefficient (Wildman–Crippen LogP) is 2.60. The van der Waals surface area contributed by atoms with Crippen LogP contribution in [0.5, 0.6) is 0 Å². The molecule has 1 aliphatic rings. The number of aryl methyl sites for hydroxylation is 1. The molecular formula is C17H26BrN3OS. The zero-order valence-electron chi connectivity index (χ0n) is 14.0. The average molecular weight is 400 g/mol. The van der Waals surface area contributed by atoms with Crippen molar-refractivity contribution < 1.29 is 4.79 Å². The van der Waals surface area contributed by atoms with Crippen LogP contribution in [0, 0.1) is 6.92 Å². The molecule has 1 aromatic rings. The quantitative estimate of drug-likeness (QED) is 0.564. The molecule has 1 aromatic carbocycles. The first-order chi connectivity index (χ1) is 11.0. The molecule has 0 bridgehead atoms. The lowest BCUT2D eigenvalue weighted by Crippen LogP contribution is -2.45. The minimum Gasteiger partial charge on any atom is -0.355 e. The van der Waals surface area contributed by atoms with Crippen molar-refractivity contribution >= 4 is 33.6 Å². The van der Waals surface area contributed by atoms with Crippen LogP contribution < -0.4 is 5.32 Å². The van der Waals surface area contributed by atoms with Gasteiger partial charge >= 0.3 is 0 Å². The molecule has 2 rings (SSSR count). The van der Waals surface area contributed by atoms with Gasteiger partial charge in [-0.25, -0.2) is 0 Å². The molecule has 4 nitrogen and oxygen atoms in total. The summed E-state index contributed by atoms with van der Waals surface area (Å²) in [6, 6.07) is 6.16. The Bertz CT molecular complexity index is 519. The van der Waals surface area contributed by atoms with Gasteiger partial charge in [0, 0.05) is 42.1 Å². The van der Waals surface area contributed by atoms with Crippen molar-refractivity contribution in [3.05, 3.63) is 28.2 Å². The topological polar surface area (TPSA) is 35.6 Å². The molecule has 1 N–H and O–H groups in total. The summed E-state index contributed by atoms with van der Waals surface area (Å²) in [5.41, 5.74) is 1.20. The standard InChI is InChI=1S/C17H26BrN3OS/c1-14-12-15(18)4-5-16(14)23-13-17(22)19-6-3-7-21-10-8-20(2)9-11-21/h4-5,12H,3,6-11,13H2,1-2H3,(H,19,22). The summed E-state index contributed by atoms with van der Waals surface area (Å²) in [4.78, 5) is 17.9. The zero-order valence-corrected chi connectivity index (χ0v) is 16.4. The smallest absolute Gasteiger partial charge is 0.230 e. The molecule has 1 amide bonds. The number of halogens is 1. The van der Waals surface area contributed by atoms with Gasteiger partial charge in [0.1, 0.15) is 0 Å². The lowest BCUT2D eigenvalue weighted by Gasteiger charge is -2.32. The third-order valence-corrected chi connectivity index (χ3v) is 5.73. The van der Waals surface area contributed by atoms with Gasteiger partial charge in [0.2, 0.25) is 5.91 Å². The normalized spacial score (nSPS) is 16.5. The molecule has 0 atom stereocenters. The molecule has 1 heterocycles. The Morgan fingerprint density at radius 1 is 1.30 bits per heavy atom. The molecule has 0 aromatic heterocycles. The van der Waals surface area contributed by atoms with Crippen LogP contribution in [-0.4, -0.2) is 67.8 Å². The largest absolute Gasteiger partial charge is 0.355 e. The van der Waals surface area contributed by atoms with Gasteiger partial charge in [-0.1, -0.05) is 15.9 Å². The Labute approximate surface area is 152 Å². The lowest BCUT2D eigenvalue weighted by molar-refractivity contribution is -0.118. The number of carbonyl (C=O) groups is 1. The van der Waals surface area contributed by atoms with Crippen molar-refractivity contribution in [2.75, 3.05) is 52.1 Å². The van der Waals surface area contributed by atoms with Gasteiger partial charge in [-0.05, 0) is 50.7 Å². The fourth-order valence-electron chi connectivity index (χ4n) is 2.57. The number of rotatable bonds is 7. The first-order valence-electron chi connectivity index (χ1n) is 8.11.